The van der Waals surface area contributed by atoms with Gasteiger partial charge in [0.1, 0.15) is 22.3 Å². The second-order valence-electron chi connectivity index (χ2n) is 6.50. The number of nitrogens with zero attached hydrogens (tertiary/aromatic N) is 2. The van der Waals surface area contributed by atoms with Crippen molar-refractivity contribution in [2.45, 2.75) is 26.8 Å². The summed E-state index contributed by atoms with van der Waals surface area (Å²) in [7, 11) is 2.83. The van der Waals surface area contributed by atoms with E-state index >= 15 is 0 Å². The molecule has 0 radical (unpaired) electrons. The van der Waals surface area contributed by atoms with Crippen molar-refractivity contribution in [3.63, 3.8) is 0 Å². The average molecular weight is 498 g/mol. The van der Waals surface area contributed by atoms with Gasteiger partial charge in [-0.3, -0.25) is 9.59 Å². The molecule has 0 aromatic heterocycles. The molecule has 2 rings (SSSR count). The van der Waals surface area contributed by atoms with Gasteiger partial charge in [0.15, 0.2) is 17.2 Å². The van der Waals surface area contributed by atoms with Gasteiger partial charge >= 0.3 is 0 Å². The maximum Gasteiger partial charge on any atom is 0.258 e. The smallest absolute Gasteiger partial charge is 0.258 e. The number of ether oxygens (including phenoxy) is 4. The van der Waals surface area contributed by atoms with Crippen LogP contribution < -0.4 is 24.3 Å². The Morgan fingerprint density at radius 1 is 1.03 bits per heavy atom. The fraction of sp³-hybridized carbons (Fsp3) is 0.364. The summed E-state index contributed by atoms with van der Waals surface area (Å²) < 4.78 is 21.5. The number of benzene rings is 2. The maximum atomic E-state index is 12.9. The molecular formula is C22H25Cl2N3O6. The fourth-order valence-electron chi connectivity index (χ4n) is 2.79. The number of nitrogens with one attached hydrogen (secondary N) is 1. The number of hydrogen-bond donors (Lipinski definition) is 1. The Kier molecular flexibility index (Phi) is 9.74. The number of amides is 1. The lowest BCUT2D eigenvalue weighted by Gasteiger charge is -2.16. The van der Waals surface area contributed by atoms with Crippen LogP contribution in [0.15, 0.2) is 34.5 Å². The number of carbonyl (C=O) groups is 2. The largest absolute Gasteiger partial charge is 0.494 e. The van der Waals surface area contributed by atoms with Crippen molar-refractivity contribution in [3.05, 3.63) is 34.3 Å². The van der Waals surface area contributed by atoms with E-state index in [-0.39, 0.29) is 27.2 Å². The zero-order valence-electron chi connectivity index (χ0n) is 18.9. The van der Waals surface area contributed by atoms with E-state index in [0.29, 0.717) is 30.5 Å². The summed E-state index contributed by atoms with van der Waals surface area (Å²) in [6.07, 6.45) is 0. The van der Waals surface area contributed by atoms with Crippen LogP contribution in [0.4, 0.5) is 11.4 Å². The first kappa shape index (κ1) is 26.2. The zero-order valence-corrected chi connectivity index (χ0v) is 20.4. The van der Waals surface area contributed by atoms with Crippen LogP contribution in [-0.2, 0) is 9.59 Å². The van der Waals surface area contributed by atoms with Crippen molar-refractivity contribution in [3.8, 4) is 23.0 Å². The number of Topliss-reactive ketones (excluding diaryl/α,β-unsaturated/α-hetero) is 1. The third kappa shape index (κ3) is 6.49. The number of halogens is 2. The molecule has 2 aromatic rings. The highest BCUT2D eigenvalue weighted by Gasteiger charge is 2.26. The third-order valence-electron chi connectivity index (χ3n) is 4.26. The molecule has 1 amide bonds. The first-order chi connectivity index (χ1) is 15.8. The second-order valence-corrected chi connectivity index (χ2v) is 7.28. The highest BCUT2D eigenvalue weighted by atomic mass is 35.5. The highest BCUT2D eigenvalue weighted by Crippen LogP contribution is 2.43. The molecule has 1 unspecified atom stereocenters. The maximum absolute atomic E-state index is 12.9. The molecule has 0 aliphatic rings. The Bertz CT molecular complexity index is 1050. The normalized spacial score (nSPS) is 11.7. The predicted octanol–water partition coefficient (Wildman–Crippen LogP) is 5.49. The van der Waals surface area contributed by atoms with Gasteiger partial charge in [-0.05, 0) is 32.9 Å². The molecule has 9 nitrogen and oxygen atoms in total. The average Bonchev–Trinajstić information content (AvgIpc) is 2.77. The number of methoxy groups -OCH3 is 2. The lowest BCUT2D eigenvalue weighted by Crippen LogP contribution is -2.32. The molecule has 0 spiro atoms. The summed E-state index contributed by atoms with van der Waals surface area (Å²) in [6, 6.07) is 4.81. The van der Waals surface area contributed by atoms with Crippen LogP contribution in [0.3, 0.4) is 0 Å². The van der Waals surface area contributed by atoms with E-state index in [2.05, 4.69) is 15.5 Å². The second kappa shape index (κ2) is 12.3. The Labute approximate surface area is 202 Å². The van der Waals surface area contributed by atoms with Gasteiger partial charge < -0.3 is 24.3 Å². The lowest BCUT2D eigenvalue weighted by atomic mass is 10.2. The number of hydrogen-bond acceptors (Lipinski definition) is 8. The quantitative estimate of drug-likeness (QED) is 0.324. The van der Waals surface area contributed by atoms with E-state index in [0.717, 1.165) is 0 Å². The van der Waals surface area contributed by atoms with Gasteiger partial charge in [-0.25, -0.2) is 0 Å². The van der Waals surface area contributed by atoms with Crippen LogP contribution in [-0.4, -0.2) is 45.2 Å². The summed E-state index contributed by atoms with van der Waals surface area (Å²) in [5.74, 6) is -0.0276. The third-order valence-corrected chi connectivity index (χ3v) is 4.95. The van der Waals surface area contributed by atoms with Gasteiger partial charge in [-0.15, -0.1) is 5.11 Å². The fourth-order valence-corrected chi connectivity index (χ4v) is 3.23. The molecule has 0 aliphatic carbocycles. The molecule has 0 saturated heterocycles. The molecule has 0 aliphatic heterocycles. The molecule has 2 aromatic carbocycles. The lowest BCUT2D eigenvalue weighted by molar-refractivity contribution is -0.126. The number of rotatable bonds is 11. The molecule has 178 valence electrons. The minimum Gasteiger partial charge on any atom is -0.494 e. The Morgan fingerprint density at radius 3 is 2.30 bits per heavy atom. The first-order valence-electron chi connectivity index (χ1n) is 9.99. The Balaban J connectivity index is 2.40. The molecule has 33 heavy (non-hydrogen) atoms. The zero-order chi connectivity index (χ0) is 24.5. The topological polar surface area (TPSA) is 108 Å². The van der Waals surface area contributed by atoms with E-state index < -0.39 is 17.7 Å². The van der Waals surface area contributed by atoms with Crippen LogP contribution in [0.25, 0.3) is 0 Å². The summed E-state index contributed by atoms with van der Waals surface area (Å²) in [6.45, 7) is 5.59. The molecule has 0 fully saturated rings. The Morgan fingerprint density at radius 2 is 1.73 bits per heavy atom. The van der Waals surface area contributed by atoms with Gasteiger partial charge in [-0.1, -0.05) is 23.2 Å². The Hall–Kier alpha value is -3.04. The van der Waals surface area contributed by atoms with Crippen molar-refractivity contribution in [1.29, 1.82) is 0 Å². The van der Waals surface area contributed by atoms with Crippen LogP contribution in [0, 0.1) is 0 Å². The first-order valence-corrected chi connectivity index (χ1v) is 10.7. The molecule has 11 heteroatoms. The van der Waals surface area contributed by atoms with E-state index in [1.165, 1.54) is 27.2 Å². The molecular weight excluding hydrogens is 473 g/mol. The number of ketones is 1. The van der Waals surface area contributed by atoms with E-state index in [4.69, 9.17) is 42.1 Å². The van der Waals surface area contributed by atoms with Crippen molar-refractivity contribution in [2.75, 3.05) is 32.8 Å². The van der Waals surface area contributed by atoms with Gasteiger partial charge in [0.05, 0.1) is 38.1 Å². The summed E-state index contributed by atoms with van der Waals surface area (Å²) in [5, 5.41) is 11.0. The van der Waals surface area contributed by atoms with Crippen molar-refractivity contribution in [2.24, 2.45) is 10.2 Å². The molecule has 0 saturated carbocycles. The molecule has 1 atom stereocenters. The van der Waals surface area contributed by atoms with Gasteiger partial charge in [-0.2, -0.15) is 5.11 Å². The van der Waals surface area contributed by atoms with E-state index in [1.807, 2.05) is 6.92 Å². The molecule has 0 heterocycles. The number of anilines is 1. The standard InChI is InChI=1S/C22H25Cl2N3O6/c1-6-32-13-10-15(18(24)17(11-13)33-7-2)25-22(29)19(12(3)28)26-27-20-16(30-4)9-8-14(23)21(20)31-5/h8-11,19H,6-7H2,1-5H3,(H,25,29). The minimum absolute atomic E-state index is 0.140. The van der Waals surface area contributed by atoms with Crippen LogP contribution in [0.2, 0.25) is 10.0 Å². The summed E-state index contributed by atoms with van der Waals surface area (Å²) >= 11 is 12.5. The van der Waals surface area contributed by atoms with Crippen molar-refractivity contribution >= 4 is 46.3 Å². The molecule has 0 bridgehead atoms. The predicted molar refractivity (Wildman–Crippen MR) is 126 cm³/mol. The van der Waals surface area contributed by atoms with Gasteiger partial charge in [0.25, 0.3) is 5.91 Å². The number of azo groups is 1. The summed E-state index contributed by atoms with van der Waals surface area (Å²) in [4.78, 5) is 25.1. The van der Waals surface area contributed by atoms with Crippen molar-refractivity contribution < 1.29 is 28.5 Å². The van der Waals surface area contributed by atoms with Crippen LogP contribution in [0.5, 0.6) is 23.0 Å². The monoisotopic (exact) mass is 497 g/mol. The highest BCUT2D eigenvalue weighted by molar-refractivity contribution is 6.35. The van der Waals surface area contributed by atoms with Crippen molar-refractivity contribution in [1.82, 2.24) is 0 Å². The van der Waals surface area contributed by atoms with Gasteiger partial charge in [0, 0.05) is 12.1 Å². The minimum atomic E-state index is -1.47. The van der Waals surface area contributed by atoms with Crippen LogP contribution in [0.1, 0.15) is 20.8 Å². The van der Waals surface area contributed by atoms with Gasteiger partial charge in [0.2, 0.25) is 6.04 Å². The molecule has 1 N–H and O–H groups in total. The number of carbonyl (C=O) groups excluding carboxylic acids is 2. The van der Waals surface area contributed by atoms with E-state index in [1.54, 1.807) is 25.1 Å². The van der Waals surface area contributed by atoms with E-state index in [9.17, 15) is 9.59 Å². The van der Waals surface area contributed by atoms with Crippen LogP contribution >= 0.6 is 23.2 Å². The SMILES string of the molecule is CCOc1cc(NC(=O)C(N=Nc2c(OC)ccc(Cl)c2OC)C(C)=O)c(Cl)c(OCC)c1. The summed E-state index contributed by atoms with van der Waals surface area (Å²) in [5.41, 5.74) is 0.344.